The average molecular weight is 395 g/mol. The van der Waals surface area contributed by atoms with Crippen LogP contribution in [0.2, 0.25) is 0 Å². The molecule has 4 nitrogen and oxygen atoms in total. The lowest BCUT2D eigenvalue weighted by atomic mass is 10.1. The molecule has 0 fully saturated rings. The fourth-order valence-electron chi connectivity index (χ4n) is 3.03. The Morgan fingerprint density at radius 3 is 2.74 bits per heavy atom. The number of allylic oxidation sites excluding steroid dienone is 1. The number of benzene rings is 2. The Kier molecular flexibility index (Phi) is 4.92. The summed E-state index contributed by atoms with van der Waals surface area (Å²) >= 11 is 6.89. The highest BCUT2D eigenvalue weighted by atomic mass is 32.1. The van der Waals surface area contributed by atoms with Crippen LogP contribution in [0.4, 0.5) is 5.69 Å². The monoisotopic (exact) mass is 394 g/mol. The van der Waals surface area contributed by atoms with E-state index in [1.807, 2.05) is 60.8 Å². The van der Waals surface area contributed by atoms with Gasteiger partial charge in [0.15, 0.2) is 3.95 Å². The van der Waals surface area contributed by atoms with Crippen molar-refractivity contribution in [3.8, 4) is 11.6 Å². The molecule has 0 saturated carbocycles. The molecule has 3 aromatic rings. The lowest BCUT2D eigenvalue weighted by Gasteiger charge is -2.06. The Hall–Kier alpha value is -2.70. The largest absolute Gasteiger partial charge is 0.497 e. The van der Waals surface area contributed by atoms with Gasteiger partial charge in [-0.25, -0.2) is 0 Å². The zero-order valence-electron chi connectivity index (χ0n) is 14.8. The number of rotatable bonds is 5. The number of ether oxygens (including phenoxy) is 1. The van der Waals surface area contributed by atoms with Crippen molar-refractivity contribution < 1.29 is 9.84 Å². The maximum Gasteiger partial charge on any atom is 0.210 e. The second kappa shape index (κ2) is 7.50. The zero-order valence-corrected chi connectivity index (χ0v) is 16.4. The van der Waals surface area contributed by atoms with Crippen LogP contribution in [0, 0.1) is 3.95 Å². The van der Waals surface area contributed by atoms with Crippen LogP contribution in [0.5, 0.6) is 11.6 Å². The first-order chi connectivity index (χ1) is 13.2. The lowest BCUT2D eigenvalue weighted by molar-refractivity contribution is 0.412. The van der Waals surface area contributed by atoms with E-state index in [4.69, 9.17) is 17.0 Å². The van der Waals surface area contributed by atoms with Crippen molar-refractivity contribution in [1.29, 1.82) is 0 Å². The van der Waals surface area contributed by atoms with Crippen LogP contribution in [-0.4, -0.2) is 23.0 Å². The van der Waals surface area contributed by atoms with Gasteiger partial charge in [-0.05, 0) is 48.5 Å². The maximum absolute atomic E-state index is 10.7. The third kappa shape index (κ3) is 3.59. The molecule has 0 radical (unpaired) electrons. The summed E-state index contributed by atoms with van der Waals surface area (Å²) in [5.41, 5.74) is 4.17. The van der Waals surface area contributed by atoms with Crippen molar-refractivity contribution in [2.24, 2.45) is 4.99 Å². The summed E-state index contributed by atoms with van der Waals surface area (Å²) < 4.78 is 7.63. The molecule has 0 unspecified atom stereocenters. The van der Waals surface area contributed by atoms with E-state index in [9.17, 15) is 5.11 Å². The molecule has 0 saturated heterocycles. The molecule has 2 aromatic carbocycles. The number of methoxy groups -OCH3 is 1. The number of aromatic nitrogens is 1. The van der Waals surface area contributed by atoms with Crippen molar-refractivity contribution in [1.82, 2.24) is 4.57 Å². The predicted molar refractivity (Wildman–Crippen MR) is 114 cm³/mol. The molecule has 2 heterocycles. The smallest absolute Gasteiger partial charge is 0.210 e. The number of fused-ring (bicyclic) bond motifs is 1. The Bertz CT molecular complexity index is 1090. The molecular weight excluding hydrogens is 376 g/mol. The normalized spacial score (nSPS) is 13.9. The first kappa shape index (κ1) is 17.7. The summed E-state index contributed by atoms with van der Waals surface area (Å²) in [6.45, 7) is 0.626. The molecule has 1 aliphatic rings. The second-order valence-electron chi connectivity index (χ2n) is 6.18. The Morgan fingerprint density at radius 1 is 1.19 bits per heavy atom. The van der Waals surface area contributed by atoms with Crippen molar-refractivity contribution >= 4 is 47.1 Å². The molecule has 1 aromatic heterocycles. The van der Waals surface area contributed by atoms with E-state index >= 15 is 0 Å². The van der Waals surface area contributed by atoms with E-state index in [1.54, 1.807) is 11.7 Å². The van der Waals surface area contributed by atoms with Gasteiger partial charge in [-0.1, -0.05) is 30.3 Å². The second-order valence-corrected chi connectivity index (χ2v) is 7.86. The summed E-state index contributed by atoms with van der Waals surface area (Å²) in [7, 11) is 1.65. The van der Waals surface area contributed by atoms with Gasteiger partial charge >= 0.3 is 0 Å². The molecule has 0 atom stereocenters. The summed E-state index contributed by atoms with van der Waals surface area (Å²) in [5, 5.41) is 10.7. The first-order valence-corrected chi connectivity index (χ1v) is 9.79. The minimum atomic E-state index is 0.212. The molecular formula is C21H18N2O2S2. The molecule has 6 heteroatoms. The van der Waals surface area contributed by atoms with E-state index in [0.717, 1.165) is 33.9 Å². The maximum atomic E-state index is 10.7. The van der Waals surface area contributed by atoms with Gasteiger partial charge in [-0.3, -0.25) is 9.56 Å². The number of thiazole rings is 1. The molecule has 1 N–H and O–H groups in total. The summed E-state index contributed by atoms with van der Waals surface area (Å²) in [5.74, 6) is 1.05. The first-order valence-electron chi connectivity index (χ1n) is 8.56. The predicted octanol–water partition coefficient (Wildman–Crippen LogP) is 5.49. The fraction of sp³-hybridized carbons (Fsp3) is 0.143. The van der Waals surface area contributed by atoms with Crippen molar-refractivity contribution in [3.05, 3.63) is 68.5 Å². The van der Waals surface area contributed by atoms with Crippen molar-refractivity contribution in [2.75, 3.05) is 7.11 Å². The molecule has 0 aliphatic carbocycles. The van der Waals surface area contributed by atoms with Gasteiger partial charge in [-0.2, -0.15) is 0 Å². The molecule has 0 bridgehead atoms. The number of nitrogens with zero attached hydrogens (tertiary/aromatic N) is 2. The molecule has 4 rings (SSSR count). The van der Waals surface area contributed by atoms with Crippen LogP contribution in [0.1, 0.15) is 16.0 Å². The number of para-hydroxylation sites is 1. The number of aliphatic imine (C=N–C) groups is 1. The molecule has 136 valence electrons. The minimum Gasteiger partial charge on any atom is -0.497 e. The van der Waals surface area contributed by atoms with E-state index < -0.39 is 0 Å². The van der Waals surface area contributed by atoms with Crippen molar-refractivity contribution in [2.45, 2.75) is 13.0 Å². The van der Waals surface area contributed by atoms with Crippen LogP contribution in [-0.2, 0) is 13.0 Å². The third-order valence-electron chi connectivity index (χ3n) is 4.52. The fourth-order valence-corrected chi connectivity index (χ4v) is 4.34. The number of aromatic hydroxyl groups is 1. The van der Waals surface area contributed by atoms with Gasteiger partial charge in [0.2, 0.25) is 5.88 Å². The number of hydrogen-bond acceptors (Lipinski definition) is 5. The van der Waals surface area contributed by atoms with Crippen molar-refractivity contribution in [3.63, 3.8) is 0 Å². The number of aryl methyl sites for hydroxylation is 1. The molecule has 0 amide bonds. The summed E-state index contributed by atoms with van der Waals surface area (Å²) in [6.07, 6.45) is 4.56. The highest BCUT2D eigenvalue weighted by Crippen LogP contribution is 2.35. The number of hydrogen-bond donors (Lipinski definition) is 1. The zero-order chi connectivity index (χ0) is 18.8. The van der Waals surface area contributed by atoms with Gasteiger partial charge in [0.25, 0.3) is 0 Å². The molecule has 27 heavy (non-hydrogen) atoms. The third-order valence-corrected chi connectivity index (χ3v) is 5.91. The van der Waals surface area contributed by atoms with Crippen LogP contribution in [0.3, 0.4) is 0 Å². The van der Waals surface area contributed by atoms with E-state index in [0.29, 0.717) is 10.5 Å². The highest BCUT2D eigenvalue weighted by Gasteiger charge is 2.15. The lowest BCUT2D eigenvalue weighted by Crippen LogP contribution is -2.00. The standard InChI is InChI=1S/C21H18N2O2S2/c1-25-16-8-6-14(7-9-16)10-11-23-20(24)19(27-21(23)26)12-15-13-22-18-5-3-2-4-17(15)18/h2-9,12-13,24H,10-11H2,1H3/b15-12-. The average Bonchev–Trinajstić information content (AvgIpc) is 3.22. The van der Waals surface area contributed by atoms with Gasteiger partial charge in [0.1, 0.15) is 5.75 Å². The molecule has 0 spiro atoms. The topological polar surface area (TPSA) is 46.8 Å². The SMILES string of the molecule is COc1ccc(CCn2c(O)c(/C=C3/C=Nc4ccccc43)sc2=S)cc1. The van der Waals surface area contributed by atoms with E-state index in [2.05, 4.69) is 4.99 Å². The van der Waals surface area contributed by atoms with Crippen LogP contribution >= 0.6 is 23.6 Å². The minimum absolute atomic E-state index is 0.212. The molecule has 1 aliphatic heterocycles. The highest BCUT2D eigenvalue weighted by molar-refractivity contribution is 7.73. The van der Waals surface area contributed by atoms with Crippen LogP contribution in [0.15, 0.2) is 53.5 Å². The van der Waals surface area contributed by atoms with Gasteiger partial charge in [0.05, 0.1) is 17.7 Å². The van der Waals surface area contributed by atoms with Gasteiger partial charge in [0, 0.05) is 23.9 Å². The van der Waals surface area contributed by atoms with Gasteiger partial charge in [-0.15, -0.1) is 11.3 Å². The quantitative estimate of drug-likeness (QED) is 0.582. The van der Waals surface area contributed by atoms with Crippen LogP contribution in [0.25, 0.3) is 11.6 Å². The van der Waals surface area contributed by atoms with Crippen LogP contribution < -0.4 is 4.74 Å². The van der Waals surface area contributed by atoms with Gasteiger partial charge < -0.3 is 9.84 Å². The Labute approximate surface area is 166 Å². The Morgan fingerprint density at radius 2 is 1.96 bits per heavy atom. The summed E-state index contributed by atoms with van der Waals surface area (Å²) in [6, 6.07) is 15.9. The Balaban J connectivity index is 1.56. The van der Waals surface area contributed by atoms with E-state index in [1.165, 1.54) is 16.9 Å². The summed E-state index contributed by atoms with van der Waals surface area (Å²) in [4.78, 5) is 5.17. The van der Waals surface area contributed by atoms with E-state index in [-0.39, 0.29) is 5.88 Å².